The molecule has 0 atom stereocenters. The van der Waals surface area contributed by atoms with E-state index in [9.17, 15) is 0 Å². The number of rotatable bonds is 0. The lowest BCUT2D eigenvalue weighted by Crippen LogP contribution is -2.58. The Balaban J connectivity index is 0.000000103. The molecule has 5 saturated heterocycles. The summed E-state index contributed by atoms with van der Waals surface area (Å²) in [5, 5.41) is 3.40. The summed E-state index contributed by atoms with van der Waals surface area (Å²) in [6.45, 7) is 13.5. The van der Waals surface area contributed by atoms with Gasteiger partial charge in [0.1, 0.15) is 0 Å². The molecular formula is C33H63N5. The second-order valence-electron chi connectivity index (χ2n) is 15.9. The third-order valence-electron chi connectivity index (χ3n) is 11.7. The summed E-state index contributed by atoms with van der Waals surface area (Å²) in [5.41, 5.74) is 3.18. The largest absolute Gasteiger partial charge is 0.317 e. The number of nitrogens with zero attached hydrogens (tertiary/aromatic N) is 4. The molecule has 8 rings (SSSR count). The molecule has 8 fully saturated rings. The third-order valence-corrected chi connectivity index (χ3v) is 11.7. The highest BCUT2D eigenvalue weighted by Gasteiger charge is 2.45. The summed E-state index contributed by atoms with van der Waals surface area (Å²) < 4.78 is 0. The maximum absolute atomic E-state index is 3.40. The summed E-state index contributed by atoms with van der Waals surface area (Å²) in [7, 11) is 8.90. The van der Waals surface area contributed by atoms with Crippen LogP contribution in [0.4, 0.5) is 0 Å². The van der Waals surface area contributed by atoms with E-state index < -0.39 is 0 Å². The zero-order valence-corrected chi connectivity index (χ0v) is 26.0. The predicted molar refractivity (Wildman–Crippen MR) is 162 cm³/mol. The van der Waals surface area contributed by atoms with Crippen molar-refractivity contribution in [1.82, 2.24) is 24.9 Å². The first-order chi connectivity index (χ1) is 18.2. The summed E-state index contributed by atoms with van der Waals surface area (Å²) in [4.78, 5) is 9.74. The molecule has 3 saturated carbocycles. The lowest BCUT2D eigenvalue weighted by Gasteiger charge is -2.54. The molecule has 5 heterocycles. The predicted octanol–water partition coefficient (Wildman–Crippen LogP) is 5.17. The fraction of sp³-hybridized carbons (Fsp3) is 1.00. The molecule has 220 valence electrons. The minimum Gasteiger partial charge on any atom is -0.317 e. The van der Waals surface area contributed by atoms with Crippen LogP contribution in [0, 0.1) is 21.7 Å². The first-order valence-electron chi connectivity index (χ1n) is 16.7. The number of likely N-dealkylation sites (tertiary alicyclic amines) is 4. The van der Waals surface area contributed by atoms with Gasteiger partial charge in [0.15, 0.2) is 0 Å². The molecule has 1 N–H and O–H groups in total. The van der Waals surface area contributed by atoms with Gasteiger partial charge in [0.05, 0.1) is 0 Å². The average molecular weight is 530 g/mol. The van der Waals surface area contributed by atoms with Gasteiger partial charge in [0.2, 0.25) is 0 Å². The molecule has 0 aromatic carbocycles. The Hall–Kier alpha value is -0.200. The van der Waals surface area contributed by atoms with Crippen molar-refractivity contribution in [2.75, 3.05) is 93.6 Å². The van der Waals surface area contributed by atoms with E-state index in [-0.39, 0.29) is 0 Å². The van der Waals surface area contributed by atoms with Gasteiger partial charge in [-0.15, -0.1) is 0 Å². The van der Waals surface area contributed by atoms with Gasteiger partial charge in [-0.25, -0.2) is 0 Å². The monoisotopic (exact) mass is 530 g/mol. The summed E-state index contributed by atoms with van der Waals surface area (Å²) in [5.74, 6) is 0. The van der Waals surface area contributed by atoms with Gasteiger partial charge in [-0.2, -0.15) is 0 Å². The van der Waals surface area contributed by atoms with Crippen LogP contribution >= 0.6 is 0 Å². The highest BCUT2D eigenvalue weighted by Crippen LogP contribution is 2.47. The van der Waals surface area contributed by atoms with Gasteiger partial charge >= 0.3 is 0 Å². The van der Waals surface area contributed by atoms with Crippen LogP contribution in [0.2, 0.25) is 0 Å². The van der Waals surface area contributed by atoms with Crippen molar-refractivity contribution in [2.24, 2.45) is 21.7 Å². The molecule has 0 aromatic heterocycles. The first-order valence-corrected chi connectivity index (χ1v) is 16.7. The normalized spacial score (nSPS) is 32.5. The zero-order chi connectivity index (χ0) is 26.7. The molecule has 0 amide bonds. The maximum Gasteiger partial charge on any atom is 0.00484 e. The Morgan fingerprint density at radius 3 is 0.842 bits per heavy atom. The van der Waals surface area contributed by atoms with Gasteiger partial charge in [-0.05, 0) is 114 Å². The second kappa shape index (κ2) is 12.3. The van der Waals surface area contributed by atoms with E-state index in [0.29, 0.717) is 0 Å². The standard InChI is InChI=1S/2C9H17N.C8H16N2.C7H13N/c2*1-10-7-9(8-10)5-3-2-4-6-9;1-10-6-8(7-10)2-4-9-5-3-8;1-8-5-7(6-8)3-2-4-7/h2*2-8H2,1H3;9H,2-7H2,1H3;2-6H2,1H3. The van der Waals surface area contributed by atoms with Crippen molar-refractivity contribution in [3.05, 3.63) is 0 Å². The van der Waals surface area contributed by atoms with Crippen LogP contribution in [-0.4, -0.2) is 113 Å². The van der Waals surface area contributed by atoms with Crippen molar-refractivity contribution in [3.8, 4) is 0 Å². The number of nitrogens with one attached hydrogen (secondary N) is 1. The van der Waals surface area contributed by atoms with Crippen LogP contribution in [0.3, 0.4) is 0 Å². The van der Waals surface area contributed by atoms with Crippen LogP contribution in [0.25, 0.3) is 0 Å². The molecule has 0 bridgehead atoms. The van der Waals surface area contributed by atoms with Crippen LogP contribution in [0.5, 0.6) is 0 Å². The summed E-state index contributed by atoms with van der Waals surface area (Å²) in [6, 6.07) is 0. The third kappa shape index (κ3) is 7.16. The molecule has 8 aliphatic rings. The minimum atomic E-state index is 0.736. The average Bonchev–Trinajstić information content (AvgIpc) is 2.82. The summed E-state index contributed by atoms with van der Waals surface area (Å²) in [6.07, 6.45) is 22.3. The quantitative estimate of drug-likeness (QED) is 0.467. The molecule has 4 spiro atoms. The number of hydrogen-bond acceptors (Lipinski definition) is 5. The van der Waals surface area contributed by atoms with E-state index in [4.69, 9.17) is 0 Å². The lowest BCUT2D eigenvalue weighted by molar-refractivity contribution is -0.0436. The fourth-order valence-corrected chi connectivity index (χ4v) is 9.90. The second-order valence-corrected chi connectivity index (χ2v) is 15.9. The van der Waals surface area contributed by atoms with Gasteiger partial charge in [-0.1, -0.05) is 44.9 Å². The van der Waals surface area contributed by atoms with Gasteiger partial charge < -0.3 is 24.9 Å². The fourth-order valence-electron chi connectivity index (χ4n) is 9.90. The van der Waals surface area contributed by atoms with Crippen molar-refractivity contribution < 1.29 is 0 Å². The number of piperidine rings is 1. The van der Waals surface area contributed by atoms with Crippen LogP contribution in [0.1, 0.15) is 96.3 Å². The maximum atomic E-state index is 3.40. The Labute approximate surface area is 236 Å². The van der Waals surface area contributed by atoms with Crippen LogP contribution < -0.4 is 5.32 Å². The van der Waals surface area contributed by atoms with Crippen molar-refractivity contribution >= 4 is 0 Å². The van der Waals surface area contributed by atoms with E-state index in [1.807, 2.05) is 0 Å². The van der Waals surface area contributed by atoms with Crippen molar-refractivity contribution in [1.29, 1.82) is 0 Å². The van der Waals surface area contributed by atoms with Crippen molar-refractivity contribution in [2.45, 2.75) is 96.3 Å². The molecule has 0 unspecified atom stereocenters. The summed E-state index contributed by atoms with van der Waals surface area (Å²) >= 11 is 0. The van der Waals surface area contributed by atoms with E-state index >= 15 is 0 Å². The Kier molecular flexibility index (Phi) is 9.52. The molecular weight excluding hydrogens is 466 g/mol. The van der Waals surface area contributed by atoms with E-state index in [1.54, 1.807) is 0 Å². The van der Waals surface area contributed by atoms with Gasteiger partial charge in [0, 0.05) is 52.4 Å². The van der Waals surface area contributed by atoms with Gasteiger partial charge in [-0.3, -0.25) is 0 Å². The molecule has 0 radical (unpaired) electrons. The highest BCUT2D eigenvalue weighted by molar-refractivity contribution is 4.99. The molecule has 5 nitrogen and oxygen atoms in total. The molecule has 5 heteroatoms. The highest BCUT2D eigenvalue weighted by atomic mass is 15.2. The van der Waals surface area contributed by atoms with Crippen molar-refractivity contribution in [3.63, 3.8) is 0 Å². The Morgan fingerprint density at radius 2 is 0.605 bits per heavy atom. The van der Waals surface area contributed by atoms with E-state index in [1.165, 1.54) is 162 Å². The minimum absolute atomic E-state index is 0.736. The lowest BCUT2D eigenvalue weighted by atomic mass is 9.64. The Bertz CT molecular complexity index is 599. The van der Waals surface area contributed by atoms with Crippen LogP contribution in [-0.2, 0) is 0 Å². The molecule has 38 heavy (non-hydrogen) atoms. The van der Waals surface area contributed by atoms with Gasteiger partial charge in [0.25, 0.3) is 0 Å². The molecule has 0 aromatic rings. The van der Waals surface area contributed by atoms with E-state index in [2.05, 4.69) is 53.1 Å². The van der Waals surface area contributed by atoms with Crippen LogP contribution in [0.15, 0.2) is 0 Å². The van der Waals surface area contributed by atoms with E-state index in [0.717, 1.165) is 21.7 Å². The smallest absolute Gasteiger partial charge is 0.00484 e. The zero-order valence-electron chi connectivity index (χ0n) is 26.0. The Morgan fingerprint density at radius 1 is 0.342 bits per heavy atom. The SMILES string of the molecule is CN1CC2(CCC2)C1.CN1CC2(CCCCC2)C1.CN1CC2(CCCCC2)C1.CN1CC2(CCNCC2)C1. The molecule has 5 aliphatic heterocycles. The topological polar surface area (TPSA) is 25.0 Å². The number of hydrogen-bond donors (Lipinski definition) is 1. The first kappa shape index (κ1) is 29.3. The molecule has 3 aliphatic carbocycles.